The number of benzene rings is 2. The van der Waals surface area contributed by atoms with Crippen LogP contribution in [0.3, 0.4) is 0 Å². The third-order valence-corrected chi connectivity index (χ3v) is 3.66. The highest BCUT2D eigenvalue weighted by Gasteiger charge is 2.09. The second kappa shape index (κ2) is 5.51. The summed E-state index contributed by atoms with van der Waals surface area (Å²) in [5.41, 5.74) is 3.92. The topological polar surface area (TPSA) is 8.17 Å². The normalized spacial score (nSPS) is 11.3. The van der Waals surface area contributed by atoms with E-state index in [-0.39, 0.29) is 0 Å². The van der Waals surface area contributed by atoms with Gasteiger partial charge in [-0.3, -0.25) is 0 Å². The molecule has 0 saturated heterocycles. The minimum Gasteiger partial charge on any atom is -0.316 e. The van der Waals surface area contributed by atoms with E-state index >= 15 is 0 Å². The fourth-order valence-electron chi connectivity index (χ4n) is 2.60. The SMILES string of the molecule is CN(C)CCc1cn(-c2ccccc2)c2ccccc12. The second-order valence-corrected chi connectivity index (χ2v) is 5.43. The van der Waals surface area contributed by atoms with Crippen molar-refractivity contribution in [3.05, 3.63) is 66.4 Å². The maximum Gasteiger partial charge on any atom is 0.0531 e. The predicted octanol–water partition coefficient (Wildman–Crippen LogP) is 3.73. The van der Waals surface area contributed by atoms with Gasteiger partial charge < -0.3 is 9.47 Å². The summed E-state index contributed by atoms with van der Waals surface area (Å²) in [6, 6.07) is 19.2. The van der Waals surface area contributed by atoms with Crippen LogP contribution in [-0.4, -0.2) is 30.1 Å². The van der Waals surface area contributed by atoms with Gasteiger partial charge in [0.2, 0.25) is 0 Å². The maximum atomic E-state index is 2.29. The number of nitrogens with zero attached hydrogens (tertiary/aromatic N) is 2. The molecule has 1 heterocycles. The van der Waals surface area contributed by atoms with Crippen LogP contribution in [0.1, 0.15) is 5.56 Å². The summed E-state index contributed by atoms with van der Waals surface area (Å²) in [7, 11) is 4.24. The summed E-state index contributed by atoms with van der Waals surface area (Å²) in [6.07, 6.45) is 3.36. The Labute approximate surface area is 120 Å². The molecule has 1 aromatic heterocycles. The van der Waals surface area contributed by atoms with Crippen molar-refractivity contribution in [2.45, 2.75) is 6.42 Å². The van der Waals surface area contributed by atoms with E-state index in [1.807, 2.05) is 0 Å². The summed E-state index contributed by atoms with van der Waals surface area (Å²) in [5.74, 6) is 0. The molecule has 0 unspecified atom stereocenters. The minimum atomic E-state index is 1.07. The van der Waals surface area contributed by atoms with Crippen LogP contribution in [0.2, 0.25) is 0 Å². The zero-order valence-electron chi connectivity index (χ0n) is 12.1. The van der Waals surface area contributed by atoms with E-state index in [1.54, 1.807) is 0 Å². The number of hydrogen-bond acceptors (Lipinski definition) is 1. The lowest BCUT2D eigenvalue weighted by Crippen LogP contribution is -2.14. The van der Waals surface area contributed by atoms with Gasteiger partial charge in [0.1, 0.15) is 0 Å². The van der Waals surface area contributed by atoms with Gasteiger partial charge in [0.25, 0.3) is 0 Å². The highest BCUT2D eigenvalue weighted by Crippen LogP contribution is 2.25. The first-order valence-corrected chi connectivity index (χ1v) is 7.05. The minimum absolute atomic E-state index is 1.07. The van der Waals surface area contributed by atoms with Gasteiger partial charge in [-0.15, -0.1) is 0 Å². The van der Waals surface area contributed by atoms with E-state index in [0.717, 1.165) is 13.0 Å². The van der Waals surface area contributed by atoms with E-state index in [1.165, 1.54) is 22.2 Å². The molecule has 3 rings (SSSR count). The molecule has 2 heteroatoms. The summed E-state index contributed by atoms with van der Waals surface area (Å²) in [5, 5.41) is 1.36. The average molecular weight is 264 g/mol. The first-order valence-electron chi connectivity index (χ1n) is 7.05. The molecule has 0 N–H and O–H groups in total. The predicted molar refractivity (Wildman–Crippen MR) is 85.5 cm³/mol. The fourth-order valence-corrected chi connectivity index (χ4v) is 2.60. The van der Waals surface area contributed by atoms with Gasteiger partial charge in [-0.2, -0.15) is 0 Å². The van der Waals surface area contributed by atoms with E-state index in [0.29, 0.717) is 0 Å². The van der Waals surface area contributed by atoms with Gasteiger partial charge in [-0.25, -0.2) is 0 Å². The Kier molecular flexibility index (Phi) is 3.57. The highest BCUT2D eigenvalue weighted by atomic mass is 15.0. The van der Waals surface area contributed by atoms with Crippen LogP contribution in [0, 0.1) is 0 Å². The van der Waals surface area contributed by atoms with E-state index in [2.05, 4.69) is 84.4 Å². The Balaban J connectivity index is 2.09. The number of hydrogen-bond donors (Lipinski definition) is 0. The smallest absolute Gasteiger partial charge is 0.0531 e. The standard InChI is InChI=1S/C18H20N2/c1-19(2)13-12-15-14-20(16-8-4-3-5-9-16)18-11-7-6-10-17(15)18/h3-11,14H,12-13H2,1-2H3. The molecule has 2 aromatic carbocycles. The van der Waals surface area contributed by atoms with Crippen molar-refractivity contribution in [3.63, 3.8) is 0 Å². The Hall–Kier alpha value is -2.06. The third kappa shape index (κ3) is 2.47. The molecule has 0 fully saturated rings. The zero-order valence-corrected chi connectivity index (χ0v) is 12.1. The lowest BCUT2D eigenvalue weighted by atomic mass is 10.1. The lowest BCUT2D eigenvalue weighted by molar-refractivity contribution is 0.414. The van der Waals surface area contributed by atoms with Crippen molar-refractivity contribution >= 4 is 10.9 Å². The van der Waals surface area contributed by atoms with E-state index in [4.69, 9.17) is 0 Å². The van der Waals surface area contributed by atoms with Gasteiger partial charge in [0.05, 0.1) is 5.52 Å². The number of likely N-dealkylation sites (N-methyl/N-ethyl adjacent to an activating group) is 1. The van der Waals surface area contributed by atoms with Gasteiger partial charge in [-0.05, 0) is 44.3 Å². The van der Waals surface area contributed by atoms with Crippen molar-refractivity contribution in [1.82, 2.24) is 9.47 Å². The van der Waals surface area contributed by atoms with Gasteiger partial charge in [0, 0.05) is 23.8 Å². The first kappa shape index (κ1) is 12.9. The molecule has 0 amide bonds. The second-order valence-electron chi connectivity index (χ2n) is 5.43. The van der Waals surface area contributed by atoms with Gasteiger partial charge >= 0.3 is 0 Å². The monoisotopic (exact) mass is 264 g/mol. The third-order valence-electron chi connectivity index (χ3n) is 3.66. The first-order chi connectivity index (χ1) is 9.75. The summed E-state index contributed by atoms with van der Waals surface area (Å²) in [4.78, 5) is 2.23. The van der Waals surface area contributed by atoms with E-state index in [9.17, 15) is 0 Å². The molecule has 0 aliphatic heterocycles. The van der Waals surface area contributed by atoms with Crippen LogP contribution in [0.25, 0.3) is 16.6 Å². The van der Waals surface area contributed by atoms with Crippen LogP contribution < -0.4 is 0 Å². The molecule has 0 radical (unpaired) electrons. The molecule has 20 heavy (non-hydrogen) atoms. The number of rotatable bonds is 4. The van der Waals surface area contributed by atoms with Crippen molar-refractivity contribution in [1.29, 1.82) is 0 Å². The largest absolute Gasteiger partial charge is 0.316 e. The Bertz CT molecular complexity index is 696. The Morgan fingerprint density at radius 1 is 0.900 bits per heavy atom. The fraction of sp³-hybridized carbons (Fsp3) is 0.222. The van der Waals surface area contributed by atoms with Gasteiger partial charge in [-0.1, -0.05) is 36.4 Å². The molecular formula is C18H20N2. The molecule has 102 valence electrons. The molecule has 0 aliphatic carbocycles. The molecule has 2 nitrogen and oxygen atoms in total. The van der Waals surface area contributed by atoms with Crippen molar-refractivity contribution in [2.75, 3.05) is 20.6 Å². The van der Waals surface area contributed by atoms with Crippen LogP contribution in [0.5, 0.6) is 0 Å². The number of fused-ring (bicyclic) bond motifs is 1. The number of aromatic nitrogens is 1. The van der Waals surface area contributed by atoms with Crippen LogP contribution in [0.15, 0.2) is 60.8 Å². The molecule has 0 atom stereocenters. The van der Waals surface area contributed by atoms with Crippen molar-refractivity contribution < 1.29 is 0 Å². The zero-order chi connectivity index (χ0) is 13.9. The summed E-state index contributed by atoms with van der Waals surface area (Å²) >= 11 is 0. The van der Waals surface area contributed by atoms with Crippen LogP contribution >= 0.6 is 0 Å². The number of para-hydroxylation sites is 2. The molecular weight excluding hydrogens is 244 g/mol. The lowest BCUT2D eigenvalue weighted by Gasteiger charge is -2.08. The molecule has 0 saturated carbocycles. The Morgan fingerprint density at radius 2 is 1.60 bits per heavy atom. The average Bonchev–Trinajstić information content (AvgIpc) is 2.85. The Morgan fingerprint density at radius 3 is 2.35 bits per heavy atom. The van der Waals surface area contributed by atoms with Crippen molar-refractivity contribution in [3.8, 4) is 5.69 Å². The summed E-state index contributed by atoms with van der Waals surface area (Å²) < 4.78 is 2.29. The highest BCUT2D eigenvalue weighted by molar-refractivity contribution is 5.85. The van der Waals surface area contributed by atoms with Crippen molar-refractivity contribution in [2.24, 2.45) is 0 Å². The van der Waals surface area contributed by atoms with E-state index < -0.39 is 0 Å². The molecule has 0 bridgehead atoms. The molecule has 0 spiro atoms. The molecule has 3 aromatic rings. The van der Waals surface area contributed by atoms with Crippen LogP contribution in [-0.2, 0) is 6.42 Å². The summed E-state index contributed by atoms with van der Waals surface area (Å²) in [6.45, 7) is 1.07. The maximum absolute atomic E-state index is 2.29. The quantitative estimate of drug-likeness (QED) is 0.697. The molecule has 0 aliphatic rings. The van der Waals surface area contributed by atoms with Crippen LogP contribution in [0.4, 0.5) is 0 Å². The van der Waals surface area contributed by atoms with Gasteiger partial charge in [0.15, 0.2) is 0 Å².